The van der Waals surface area contributed by atoms with Crippen LogP contribution in [-0.4, -0.2) is 0 Å². The summed E-state index contributed by atoms with van der Waals surface area (Å²) in [7, 11) is 0. The van der Waals surface area contributed by atoms with Crippen LogP contribution in [0.5, 0.6) is 0 Å². The first-order valence-corrected chi connectivity index (χ1v) is 10.1. The molecule has 3 rings (SSSR count). The minimum atomic E-state index is 1.01. The quantitative estimate of drug-likeness (QED) is 0.397. The molecule has 0 aliphatic carbocycles. The second-order valence-corrected chi connectivity index (χ2v) is 6.98. The Morgan fingerprint density at radius 1 is 0.929 bits per heavy atom. The molecule has 0 unspecified atom stereocenters. The van der Waals surface area contributed by atoms with Crippen LogP contribution in [0.2, 0.25) is 0 Å². The average Bonchev–Trinajstić information content (AvgIpc) is 2.75. The number of rotatable bonds is 8. The Morgan fingerprint density at radius 3 is 2.43 bits per heavy atom. The highest BCUT2D eigenvalue weighted by atomic mass is 14.9. The summed E-state index contributed by atoms with van der Waals surface area (Å²) in [5.74, 6) is 0. The topological polar surface area (TPSA) is 12.0 Å². The summed E-state index contributed by atoms with van der Waals surface area (Å²) in [6.07, 6.45) is 7.56. The Bertz CT molecular complexity index is 951. The van der Waals surface area contributed by atoms with Crippen LogP contribution in [0.15, 0.2) is 91.5 Å². The highest BCUT2D eigenvalue weighted by Gasteiger charge is 2.08. The molecule has 0 radical (unpaired) electrons. The lowest BCUT2D eigenvalue weighted by atomic mass is 9.97. The summed E-state index contributed by atoms with van der Waals surface area (Å²) in [5.41, 5.74) is 8.24. The van der Waals surface area contributed by atoms with Crippen molar-refractivity contribution in [3.63, 3.8) is 0 Å². The first kappa shape index (κ1) is 19.7. The molecule has 0 amide bonds. The first-order chi connectivity index (χ1) is 13.7. The Morgan fingerprint density at radius 2 is 1.68 bits per heavy atom. The largest absolute Gasteiger partial charge is 0.355 e. The number of anilines is 2. The number of benzene rings is 3. The molecule has 142 valence electrons. The Kier molecular flexibility index (Phi) is 6.86. The monoisotopic (exact) mass is 367 g/mol. The van der Waals surface area contributed by atoms with E-state index in [4.69, 9.17) is 0 Å². The lowest BCUT2D eigenvalue weighted by Crippen LogP contribution is -1.97. The second-order valence-electron chi connectivity index (χ2n) is 6.98. The van der Waals surface area contributed by atoms with Gasteiger partial charge in [-0.3, -0.25) is 0 Å². The summed E-state index contributed by atoms with van der Waals surface area (Å²) in [6, 6.07) is 25.6. The highest BCUT2D eigenvalue weighted by Crippen LogP contribution is 2.31. The van der Waals surface area contributed by atoms with Crippen LogP contribution in [0, 0.1) is 0 Å². The normalized spacial score (nSPS) is 10.9. The molecule has 3 aromatic carbocycles. The van der Waals surface area contributed by atoms with Crippen LogP contribution in [0.3, 0.4) is 0 Å². The van der Waals surface area contributed by atoms with E-state index in [0.29, 0.717) is 0 Å². The second kappa shape index (κ2) is 9.75. The van der Waals surface area contributed by atoms with E-state index in [1.165, 1.54) is 16.7 Å². The molecule has 28 heavy (non-hydrogen) atoms. The van der Waals surface area contributed by atoms with Gasteiger partial charge in [0, 0.05) is 16.9 Å². The number of para-hydroxylation sites is 1. The van der Waals surface area contributed by atoms with E-state index < -0.39 is 0 Å². The van der Waals surface area contributed by atoms with Crippen molar-refractivity contribution in [2.75, 3.05) is 5.32 Å². The number of aryl methyl sites for hydroxylation is 1. The van der Waals surface area contributed by atoms with Crippen molar-refractivity contribution in [2.24, 2.45) is 0 Å². The van der Waals surface area contributed by atoms with Crippen molar-refractivity contribution >= 4 is 16.9 Å². The molecule has 1 N–H and O–H groups in total. The molecular weight excluding hydrogens is 338 g/mol. The SMILES string of the molecule is C=C(/C=C\CCC)c1ccccc1Nc1ccc(CC)c(-c2ccccc2)c1. The fourth-order valence-corrected chi connectivity index (χ4v) is 3.36. The summed E-state index contributed by atoms with van der Waals surface area (Å²) in [6.45, 7) is 8.66. The van der Waals surface area contributed by atoms with E-state index in [-0.39, 0.29) is 0 Å². The van der Waals surface area contributed by atoms with Gasteiger partial charge in [0.25, 0.3) is 0 Å². The van der Waals surface area contributed by atoms with Gasteiger partial charge in [0.15, 0.2) is 0 Å². The average molecular weight is 368 g/mol. The van der Waals surface area contributed by atoms with E-state index in [9.17, 15) is 0 Å². The minimum Gasteiger partial charge on any atom is -0.355 e. The van der Waals surface area contributed by atoms with Crippen LogP contribution < -0.4 is 5.32 Å². The smallest absolute Gasteiger partial charge is 0.0463 e. The Labute approximate surface area is 169 Å². The Balaban J connectivity index is 1.92. The van der Waals surface area contributed by atoms with Crippen LogP contribution >= 0.6 is 0 Å². The van der Waals surface area contributed by atoms with E-state index in [1.807, 2.05) is 0 Å². The van der Waals surface area contributed by atoms with Crippen molar-refractivity contribution in [1.29, 1.82) is 0 Å². The van der Waals surface area contributed by atoms with Gasteiger partial charge in [0.2, 0.25) is 0 Å². The van der Waals surface area contributed by atoms with Crippen molar-refractivity contribution < 1.29 is 0 Å². The van der Waals surface area contributed by atoms with Gasteiger partial charge in [-0.25, -0.2) is 0 Å². The third-order valence-electron chi connectivity index (χ3n) is 4.90. The van der Waals surface area contributed by atoms with E-state index in [1.54, 1.807) is 0 Å². The minimum absolute atomic E-state index is 1.01. The molecule has 0 atom stereocenters. The van der Waals surface area contributed by atoms with E-state index >= 15 is 0 Å². The summed E-state index contributed by atoms with van der Waals surface area (Å²) in [5, 5.41) is 3.61. The molecule has 0 bridgehead atoms. The summed E-state index contributed by atoms with van der Waals surface area (Å²) >= 11 is 0. The van der Waals surface area contributed by atoms with Gasteiger partial charge in [-0.15, -0.1) is 0 Å². The zero-order valence-corrected chi connectivity index (χ0v) is 16.9. The van der Waals surface area contributed by atoms with Crippen molar-refractivity contribution in [3.05, 3.63) is 103 Å². The molecule has 0 heterocycles. The molecule has 1 nitrogen and oxygen atoms in total. The molecule has 1 heteroatoms. The van der Waals surface area contributed by atoms with Crippen molar-refractivity contribution in [1.82, 2.24) is 0 Å². The van der Waals surface area contributed by atoms with Gasteiger partial charge in [0.05, 0.1) is 0 Å². The van der Waals surface area contributed by atoms with E-state index in [2.05, 4.69) is 111 Å². The number of unbranched alkanes of at least 4 members (excludes halogenated alkanes) is 1. The molecule has 0 aromatic heterocycles. The summed E-state index contributed by atoms with van der Waals surface area (Å²) in [4.78, 5) is 0. The molecule has 0 aliphatic heterocycles. The molecule has 0 aliphatic rings. The maximum absolute atomic E-state index is 4.26. The predicted molar refractivity (Wildman–Crippen MR) is 124 cm³/mol. The lowest BCUT2D eigenvalue weighted by molar-refractivity contribution is 0.959. The van der Waals surface area contributed by atoms with Crippen LogP contribution in [0.1, 0.15) is 37.8 Å². The number of hydrogen-bond acceptors (Lipinski definition) is 1. The molecule has 0 fully saturated rings. The van der Waals surface area contributed by atoms with Gasteiger partial charge in [-0.1, -0.05) is 93.6 Å². The zero-order chi connectivity index (χ0) is 19.8. The van der Waals surface area contributed by atoms with E-state index in [0.717, 1.165) is 41.8 Å². The molecule has 0 spiro atoms. The fourth-order valence-electron chi connectivity index (χ4n) is 3.36. The van der Waals surface area contributed by atoms with Crippen LogP contribution in [-0.2, 0) is 6.42 Å². The van der Waals surface area contributed by atoms with Gasteiger partial charge < -0.3 is 5.32 Å². The highest BCUT2D eigenvalue weighted by molar-refractivity contribution is 5.83. The van der Waals surface area contributed by atoms with Gasteiger partial charge in [-0.2, -0.15) is 0 Å². The number of hydrogen-bond donors (Lipinski definition) is 1. The standard InChI is InChI=1S/C27H29N/c1-4-6-8-13-21(3)25-16-11-12-17-27(25)28-24-19-18-22(5-2)26(20-24)23-14-9-7-10-15-23/h7-20,28H,3-6H2,1-2H3/b13-8-. The lowest BCUT2D eigenvalue weighted by Gasteiger charge is -2.15. The van der Waals surface area contributed by atoms with Crippen LogP contribution in [0.4, 0.5) is 11.4 Å². The van der Waals surface area contributed by atoms with Crippen LogP contribution in [0.25, 0.3) is 16.7 Å². The summed E-state index contributed by atoms with van der Waals surface area (Å²) < 4.78 is 0. The first-order valence-electron chi connectivity index (χ1n) is 10.1. The maximum Gasteiger partial charge on any atom is 0.0463 e. The maximum atomic E-state index is 4.26. The number of allylic oxidation sites excluding steroid dienone is 3. The molecule has 0 saturated heterocycles. The third kappa shape index (κ3) is 4.80. The number of nitrogens with one attached hydrogen (secondary N) is 1. The fraction of sp³-hybridized carbons (Fsp3) is 0.185. The zero-order valence-electron chi connectivity index (χ0n) is 16.9. The third-order valence-corrected chi connectivity index (χ3v) is 4.90. The molecular formula is C27H29N. The molecule has 3 aromatic rings. The van der Waals surface area contributed by atoms with Gasteiger partial charge in [0.1, 0.15) is 0 Å². The van der Waals surface area contributed by atoms with Crippen molar-refractivity contribution in [2.45, 2.75) is 33.1 Å². The van der Waals surface area contributed by atoms with Gasteiger partial charge in [-0.05, 0) is 53.3 Å². The van der Waals surface area contributed by atoms with Crippen molar-refractivity contribution in [3.8, 4) is 11.1 Å². The van der Waals surface area contributed by atoms with Gasteiger partial charge >= 0.3 is 0 Å². The predicted octanol–water partition coefficient (Wildman–Crippen LogP) is 8.03. The molecule has 0 saturated carbocycles. The Hall–Kier alpha value is -3.06.